The predicted octanol–water partition coefficient (Wildman–Crippen LogP) is 1.00. The highest BCUT2D eigenvalue weighted by Crippen LogP contribution is 2.24. The average Bonchev–Trinajstić information content (AvgIpc) is 3.14. The van der Waals surface area contributed by atoms with Gasteiger partial charge in [0.25, 0.3) is 0 Å². The number of pyridine rings is 1. The van der Waals surface area contributed by atoms with Crippen molar-refractivity contribution in [2.24, 2.45) is 5.92 Å². The Hall–Kier alpha value is -1.99. The second-order valence-electron chi connectivity index (χ2n) is 7.23. The molecule has 0 aliphatic carbocycles. The lowest BCUT2D eigenvalue weighted by Crippen LogP contribution is -2.42. The van der Waals surface area contributed by atoms with Crippen molar-refractivity contribution in [3.8, 4) is 0 Å². The summed E-state index contributed by atoms with van der Waals surface area (Å²) in [4.78, 5) is 33.9. The van der Waals surface area contributed by atoms with Gasteiger partial charge in [-0.05, 0) is 37.0 Å². The molecular formula is C20H30N4O3. The largest absolute Gasteiger partial charge is 0.381 e. The summed E-state index contributed by atoms with van der Waals surface area (Å²) in [5.41, 5.74) is 1.94. The van der Waals surface area contributed by atoms with Crippen LogP contribution in [0.4, 0.5) is 0 Å². The first kappa shape index (κ1) is 19.8. The van der Waals surface area contributed by atoms with Crippen LogP contribution < -0.4 is 5.32 Å². The van der Waals surface area contributed by atoms with Gasteiger partial charge in [0.15, 0.2) is 0 Å². The number of hydrogen-bond acceptors (Lipinski definition) is 5. The van der Waals surface area contributed by atoms with Crippen molar-refractivity contribution in [3.63, 3.8) is 0 Å². The molecule has 2 aliphatic rings. The fraction of sp³-hybridized carbons (Fsp3) is 0.650. The van der Waals surface area contributed by atoms with Crippen LogP contribution >= 0.6 is 0 Å². The van der Waals surface area contributed by atoms with Crippen LogP contribution in [0.3, 0.4) is 0 Å². The molecule has 7 heteroatoms. The molecule has 2 fully saturated rings. The first-order valence-corrected chi connectivity index (χ1v) is 9.91. The standard InChI is InChI=1S/C20H30N4O3/c1-3-17-13-15(5-7-22-17)18(19(25)21-2)23-8-4-9-24(11-10-23)20(26)16-6-12-27-14-16/h5,7,13,16,18H,3-4,6,8-12,14H2,1-2H3,(H,21,25). The second-order valence-corrected chi connectivity index (χ2v) is 7.23. The zero-order valence-corrected chi connectivity index (χ0v) is 16.3. The number of nitrogens with zero attached hydrogens (tertiary/aromatic N) is 3. The number of likely N-dealkylation sites (N-methyl/N-ethyl adjacent to an activating group) is 1. The third-order valence-corrected chi connectivity index (χ3v) is 5.50. The molecule has 0 spiro atoms. The zero-order chi connectivity index (χ0) is 19.2. The number of hydrogen-bond donors (Lipinski definition) is 1. The zero-order valence-electron chi connectivity index (χ0n) is 16.3. The molecule has 2 aliphatic heterocycles. The fourth-order valence-electron chi connectivity index (χ4n) is 3.93. The van der Waals surface area contributed by atoms with Crippen LogP contribution in [0.1, 0.15) is 37.1 Å². The van der Waals surface area contributed by atoms with E-state index in [-0.39, 0.29) is 23.8 Å². The van der Waals surface area contributed by atoms with E-state index in [0.717, 1.165) is 43.6 Å². The minimum atomic E-state index is -0.354. The van der Waals surface area contributed by atoms with Gasteiger partial charge in [-0.15, -0.1) is 0 Å². The van der Waals surface area contributed by atoms with E-state index in [1.54, 1.807) is 13.2 Å². The highest BCUT2D eigenvalue weighted by molar-refractivity contribution is 5.83. The molecule has 0 bridgehead atoms. The molecule has 1 N–H and O–H groups in total. The summed E-state index contributed by atoms with van der Waals surface area (Å²) < 4.78 is 5.37. The lowest BCUT2D eigenvalue weighted by atomic mass is 10.0. The Morgan fingerprint density at radius 2 is 2.19 bits per heavy atom. The SMILES string of the molecule is CCc1cc(C(C(=O)NC)N2CCCN(C(=O)C3CCOC3)CC2)ccn1. The van der Waals surface area contributed by atoms with E-state index in [9.17, 15) is 9.59 Å². The predicted molar refractivity (Wildman–Crippen MR) is 102 cm³/mol. The van der Waals surface area contributed by atoms with Crippen molar-refractivity contribution in [1.82, 2.24) is 20.1 Å². The van der Waals surface area contributed by atoms with Crippen LogP contribution in [0, 0.1) is 5.92 Å². The molecule has 0 aromatic carbocycles. The number of aromatic nitrogens is 1. The van der Waals surface area contributed by atoms with Crippen LogP contribution in [-0.2, 0) is 20.7 Å². The number of carbonyl (C=O) groups is 2. The number of nitrogens with one attached hydrogen (secondary N) is 1. The van der Waals surface area contributed by atoms with Crippen molar-refractivity contribution in [3.05, 3.63) is 29.6 Å². The van der Waals surface area contributed by atoms with Crippen LogP contribution in [0.15, 0.2) is 18.3 Å². The third-order valence-electron chi connectivity index (χ3n) is 5.50. The molecule has 1 aromatic rings. The van der Waals surface area contributed by atoms with E-state index in [2.05, 4.69) is 22.1 Å². The summed E-state index contributed by atoms with van der Waals surface area (Å²) in [6.45, 7) is 6.13. The number of ether oxygens (including phenoxy) is 1. The maximum atomic E-state index is 12.7. The Balaban J connectivity index is 1.73. The molecule has 2 unspecified atom stereocenters. The summed E-state index contributed by atoms with van der Waals surface area (Å²) in [6, 6.07) is 3.58. The molecule has 2 saturated heterocycles. The van der Waals surface area contributed by atoms with Crippen molar-refractivity contribution in [1.29, 1.82) is 0 Å². The molecule has 2 amide bonds. The molecule has 0 radical (unpaired) electrons. The average molecular weight is 374 g/mol. The Bertz CT molecular complexity index is 660. The van der Waals surface area contributed by atoms with E-state index >= 15 is 0 Å². The second kappa shape index (κ2) is 9.28. The van der Waals surface area contributed by atoms with Gasteiger partial charge in [-0.2, -0.15) is 0 Å². The molecule has 148 valence electrons. The molecule has 3 rings (SSSR count). The van der Waals surface area contributed by atoms with Gasteiger partial charge in [-0.25, -0.2) is 0 Å². The monoisotopic (exact) mass is 374 g/mol. The van der Waals surface area contributed by atoms with E-state index < -0.39 is 0 Å². The van der Waals surface area contributed by atoms with E-state index in [0.29, 0.717) is 26.3 Å². The van der Waals surface area contributed by atoms with Crippen molar-refractivity contribution in [2.45, 2.75) is 32.2 Å². The number of rotatable bonds is 5. The molecular weight excluding hydrogens is 344 g/mol. The molecule has 27 heavy (non-hydrogen) atoms. The van der Waals surface area contributed by atoms with Gasteiger partial charge in [-0.1, -0.05) is 6.92 Å². The number of amides is 2. The Morgan fingerprint density at radius 1 is 1.33 bits per heavy atom. The van der Waals surface area contributed by atoms with Gasteiger partial charge in [-0.3, -0.25) is 19.5 Å². The van der Waals surface area contributed by atoms with E-state index in [1.165, 1.54) is 0 Å². The normalized spacial score (nSPS) is 22.3. The summed E-state index contributed by atoms with van der Waals surface area (Å²) in [7, 11) is 1.67. The number of aryl methyl sites for hydroxylation is 1. The van der Waals surface area contributed by atoms with Crippen LogP contribution in [0.5, 0.6) is 0 Å². The van der Waals surface area contributed by atoms with Crippen molar-refractivity contribution >= 4 is 11.8 Å². The maximum absolute atomic E-state index is 12.7. The lowest BCUT2D eigenvalue weighted by Gasteiger charge is -2.30. The summed E-state index contributed by atoms with van der Waals surface area (Å²) in [5, 5.41) is 2.80. The minimum Gasteiger partial charge on any atom is -0.381 e. The maximum Gasteiger partial charge on any atom is 0.241 e. The highest BCUT2D eigenvalue weighted by atomic mass is 16.5. The van der Waals surface area contributed by atoms with Gasteiger partial charge < -0.3 is 15.0 Å². The Morgan fingerprint density at radius 3 is 2.89 bits per heavy atom. The van der Waals surface area contributed by atoms with Gasteiger partial charge in [0.05, 0.1) is 12.5 Å². The quantitative estimate of drug-likeness (QED) is 0.832. The summed E-state index contributed by atoms with van der Waals surface area (Å²) in [6.07, 6.45) is 4.28. The highest BCUT2D eigenvalue weighted by Gasteiger charge is 2.32. The van der Waals surface area contributed by atoms with Crippen molar-refractivity contribution < 1.29 is 14.3 Å². The van der Waals surface area contributed by atoms with Crippen LogP contribution in [0.2, 0.25) is 0 Å². The molecule has 0 saturated carbocycles. The fourth-order valence-corrected chi connectivity index (χ4v) is 3.93. The smallest absolute Gasteiger partial charge is 0.241 e. The molecule has 1 aromatic heterocycles. The lowest BCUT2D eigenvalue weighted by molar-refractivity contribution is -0.135. The van der Waals surface area contributed by atoms with E-state index in [4.69, 9.17) is 4.74 Å². The first-order valence-electron chi connectivity index (χ1n) is 9.91. The van der Waals surface area contributed by atoms with Crippen LogP contribution in [-0.4, -0.2) is 73.0 Å². The third kappa shape index (κ3) is 4.65. The van der Waals surface area contributed by atoms with Crippen LogP contribution in [0.25, 0.3) is 0 Å². The topological polar surface area (TPSA) is 74.8 Å². The van der Waals surface area contributed by atoms with Crippen molar-refractivity contribution in [2.75, 3.05) is 46.4 Å². The van der Waals surface area contributed by atoms with Gasteiger partial charge in [0, 0.05) is 51.7 Å². The van der Waals surface area contributed by atoms with Gasteiger partial charge in [0.2, 0.25) is 11.8 Å². The minimum absolute atomic E-state index is 0.00130. The molecule has 7 nitrogen and oxygen atoms in total. The Kier molecular flexibility index (Phi) is 6.79. The first-order chi connectivity index (χ1) is 13.1. The van der Waals surface area contributed by atoms with Gasteiger partial charge >= 0.3 is 0 Å². The molecule has 3 heterocycles. The Labute approximate surface area is 161 Å². The summed E-state index contributed by atoms with van der Waals surface area (Å²) in [5.74, 6) is 0.175. The van der Waals surface area contributed by atoms with E-state index in [1.807, 2.05) is 17.0 Å². The molecule has 2 atom stereocenters. The number of carbonyl (C=O) groups excluding carboxylic acids is 2. The van der Waals surface area contributed by atoms with Gasteiger partial charge in [0.1, 0.15) is 6.04 Å². The summed E-state index contributed by atoms with van der Waals surface area (Å²) >= 11 is 0.